The molecule has 0 bridgehead atoms. The molecule has 1 aliphatic heterocycles. The van der Waals surface area contributed by atoms with E-state index in [0.717, 1.165) is 42.8 Å². The maximum atomic E-state index is 13.7. The standard InChI is InChI=1S/C23H35N3O5S/c1-4-15-32(29,30)25-16-21(27)26(19-13-9-10-14-20(19)31-3)23(2,17-25)22(28)24-18-11-7-5-6-8-12-18/h9-10,13-14,18H,4-8,11-12,15-17H2,1-3H3,(H,24,28). The lowest BCUT2D eigenvalue weighted by molar-refractivity contribution is -0.133. The average molecular weight is 466 g/mol. The van der Waals surface area contributed by atoms with Crippen LogP contribution in [0, 0.1) is 0 Å². The molecule has 1 aromatic carbocycles. The maximum absolute atomic E-state index is 13.7. The Labute approximate surface area is 191 Å². The van der Waals surface area contributed by atoms with Crippen LogP contribution in [0.1, 0.15) is 58.8 Å². The summed E-state index contributed by atoms with van der Waals surface area (Å²) >= 11 is 0. The largest absolute Gasteiger partial charge is 0.495 e. The molecule has 1 aromatic rings. The molecule has 2 aliphatic rings. The molecule has 0 radical (unpaired) electrons. The van der Waals surface area contributed by atoms with Gasteiger partial charge < -0.3 is 10.1 Å². The lowest BCUT2D eigenvalue weighted by Gasteiger charge is -2.47. The zero-order valence-corrected chi connectivity index (χ0v) is 20.1. The number of amides is 2. The smallest absolute Gasteiger partial charge is 0.247 e. The van der Waals surface area contributed by atoms with E-state index in [4.69, 9.17) is 4.74 Å². The number of rotatable bonds is 7. The van der Waals surface area contributed by atoms with E-state index in [1.165, 1.54) is 12.0 Å². The fourth-order valence-corrected chi connectivity index (χ4v) is 6.23. The first kappa shape index (κ1) is 24.5. The second kappa shape index (κ2) is 10.2. The van der Waals surface area contributed by atoms with Crippen LogP contribution in [-0.4, -0.2) is 62.1 Å². The number of nitrogens with one attached hydrogen (secondary N) is 1. The summed E-state index contributed by atoms with van der Waals surface area (Å²) in [6, 6.07) is 7.04. The molecular formula is C23H35N3O5S. The number of piperazine rings is 1. The molecule has 1 unspecified atom stereocenters. The van der Waals surface area contributed by atoms with Gasteiger partial charge in [-0.25, -0.2) is 8.42 Å². The Hall–Kier alpha value is -2.13. The van der Waals surface area contributed by atoms with Gasteiger partial charge in [0.1, 0.15) is 11.3 Å². The fraction of sp³-hybridized carbons (Fsp3) is 0.652. The second-order valence-corrected chi connectivity index (χ2v) is 11.0. The van der Waals surface area contributed by atoms with Crippen LogP contribution in [0.2, 0.25) is 0 Å². The highest BCUT2D eigenvalue weighted by Gasteiger charge is 2.51. The first-order valence-electron chi connectivity index (χ1n) is 11.5. The highest BCUT2D eigenvalue weighted by atomic mass is 32.2. The van der Waals surface area contributed by atoms with Crippen LogP contribution < -0.4 is 15.0 Å². The maximum Gasteiger partial charge on any atom is 0.247 e. The average Bonchev–Trinajstić information content (AvgIpc) is 3.02. The van der Waals surface area contributed by atoms with Crippen molar-refractivity contribution in [3.63, 3.8) is 0 Å². The molecule has 178 valence electrons. The van der Waals surface area contributed by atoms with Gasteiger partial charge in [0.15, 0.2) is 0 Å². The van der Waals surface area contributed by atoms with Gasteiger partial charge in [0.2, 0.25) is 21.8 Å². The number of ether oxygens (including phenoxy) is 1. The molecular weight excluding hydrogens is 430 g/mol. The van der Waals surface area contributed by atoms with Crippen molar-refractivity contribution in [2.75, 3.05) is 30.9 Å². The van der Waals surface area contributed by atoms with E-state index in [9.17, 15) is 18.0 Å². The first-order chi connectivity index (χ1) is 15.2. The van der Waals surface area contributed by atoms with E-state index in [2.05, 4.69) is 5.32 Å². The van der Waals surface area contributed by atoms with E-state index in [1.54, 1.807) is 38.1 Å². The minimum absolute atomic E-state index is 0.0269. The zero-order chi connectivity index (χ0) is 23.4. The molecule has 1 saturated carbocycles. The van der Waals surface area contributed by atoms with Crippen LogP contribution in [0.5, 0.6) is 5.75 Å². The van der Waals surface area contributed by atoms with Crippen LogP contribution >= 0.6 is 0 Å². The van der Waals surface area contributed by atoms with Crippen LogP contribution in [-0.2, 0) is 19.6 Å². The van der Waals surface area contributed by atoms with Crippen LogP contribution in [0.4, 0.5) is 5.69 Å². The number of methoxy groups -OCH3 is 1. The summed E-state index contributed by atoms with van der Waals surface area (Å²) < 4.78 is 32.3. The highest BCUT2D eigenvalue weighted by Crippen LogP contribution is 2.37. The van der Waals surface area contributed by atoms with Gasteiger partial charge in [0.25, 0.3) is 0 Å². The molecule has 0 spiro atoms. The summed E-state index contributed by atoms with van der Waals surface area (Å²) in [4.78, 5) is 28.5. The van der Waals surface area contributed by atoms with E-state index in [1.807, 2.05) is 0 Å². The zero-order valence-electron chi connectivity index (χ0n) is 19.3. The summed E-state index contributed by atoms with van der Waals surface area (Å²) in [5, 5.41) is 3.14. The normalized spacial score (nSPS) is 23.6. The summed E-state index contributed by atoms with van der Waals surface area (Å²) in [6.07, 6.45) is 6.62. The molecule has 2 amide bonds. The molecule has 0 aromatic heterocycles. The van der Waals surface area contributed by atoms with Gasteiger partial charge in [0, 0.05) is 12.6 Å². The van der Waals surface area contributed by atoms with Gasteiger partial charge >= 0.3 is 0 Å². The molecule has 1 aliphatic carbocycles. The number of carbonyl (C=O) groups is 2. The van der Waals surface area contributed by atoms with Crippen molar-refractivity contribution in [1.82, 2.24) is 9.62 Å². The van der Waals surface area contributed by atoms with Crippen molar-refractivity contribution in [1.29, 1.82) is 0 Å². The van der Waals surface area contributed by atoms with E-state index >= 15 is 0 Å². The third-order valence-electron chi connectivity index (χ3n) is 6.40. The first-order valence-corrected chi connectivity index (χ1v) is 13.1. The summed E-state index contributed by atoms with van der Waals surface area (Å²) in [6.45, 7) is 3.03. The molecule has 9 heteroatoms. The van der Waals surface area contributed by atoms with Crippen molar-refractivity contribution in [2.45, 2.75) is 70.4 Å². The van der Waals surface area contributed by atoms with Crippen molar-refractivity contribution in [3.8, 4) is 5.75 Å². The molecule has 1 N–H and O–H groups in total. The van der Waals surface area contributed by atoms with Gasteiger partial charge in [-0.2, -0.15) is 4.31 Å². The third-order valence-corrected chi connectivity index (χ3v) is 8.37. The molecule has 3 rings (SSSR count). The Morgan fingerprint density at radius 3 is 2.47 bits per heavy atom. The number of sulfonamides is 1. The number of anilines is 1. The third kappa shape index (κ3) is 5.09. The SMILES string of the molecule is CCCS(=O)(=O)N1CC(=O)N(c2ccccc2OC)C(C)(C(=O)NC2CCCCCC2)C1. The summed E-state index contributed by atoms with van der Waals surface area (Å²) in [5.74, 6) is -0.381. The van der Waals surface area contributed by atoms with Crippen molar-refractivity contribution in [2.24, 2.45) is 0 Å². The Morgan fingerprint density at radius 1 is 1.19 bits per heavy atom. The van der Waals surface area contributed by atoms with Crippen molar-refractivity contribution >= 4 is 27.5 Å². The van der Waals surface area contributed by atoms with Crippen molar-refractivity contribution in [3.05, 3.63) is 24.3 Å². The molecule has 2 fully saturated rings. The molecule has 1 heterocycles. The quantitative estimate of drug-likeness (QED) is 0.625. The number of para-hydroxylation sites is 2. The van der Waals surface area contributed by atoms with Crippen LogP contribution in [0.25, 0.3) is 0 Å². The molecule has 8 nitrogen and oxygen atoms in total. The predicted octanol–water partition coefficient (Wildman–Crippen LogP) is 2.68. The molecule has 1 atom stereocenters. The van der Waals surface area contributed by atoms with Gasteiger partial charge in [-0.1, -0.05) is 44.7 Å². The molecule has 1 saturated heterocycles. The summed E-state index contributed by atoms with van der Waals surface area (Å²) in [7, 11) is -2.15. The van der Waals surface area contributed by atoms with E-state index in [0.29, 0.717) is 17.9 Å². The lowest BCUT2D eigenvalue weighted by atomic mass is 9.93. The monoisotopic (exact) mass is 465 g/mol. The number of benzene rings is 1. The van der Waals surface area contributed by atoms with Gasteiger partial charge in [-0.05, 0) is 38.3 Å². The van der Waals surface area contributed by atoms with Gasteiger partial charge in [0.05, 0.1) is 25.1 Å². The fourth-order valence-electron chi connectivity index (χ4n) is 4.70. The Bertz CT molecular complexity index is 927. The van der Waals surface area contributed by atoms with Crippen LogP contribution in [0.3, 0.4) is 0 Å². The van der Waals surface area contributed by atoms with E-state index in [-0.39, 0.29) is 30.8 Å². The highest BCUT2D eigenvalue weighted by molar-refractivity contribution is 7.89. The predicted molar refractivity (Wildman–Crippen MR) is 124 cm³/mol. The summed E-state index contributed by atoms with van der Waals surface area (Å²) in [5.41, 5.74) is -0.942. The van der Waals surface area contributed by atoms with Gasteiger partial charge in [-0.15, -0.1) is 0 Å². The van der Waals surface area contributed by atoms with Gasteiger partial charge in [-0.3, -0.25) is 14.5 Å². The number of carbonyl (C=O) groups excluding carboxylic acids is 2. The Kier molecular flexibility index (Phi) is 7.82. The number of hydrogen-bond donors (Lipinski definition) is 1. The van der Waals surface area contributed by atoms with E-state index < -0.39 is 21.5 Å². The second-order valence-electron chi connectivity index (χ2n) is 8.92. The minimum atomic E-state index is -3.66. The topological polar surface area (TPSA) is 96.0 Å². The Balaban J connectivity index is 2.00. The number of nitrogens with zero attached hydrogens (tertiary/aromatic N) is 2. The Morgan fingerprint density at radius 2 is 1.84 bits per heavy atom. The molecule has 32 heavy (non-hydrogen) atoms. The minimum Gasteiger partial charge on any atom is -0.495 e. The van der Waals surface area contributed by atoms with Crippen molar-refractivity contribution < 1.29 is 22.7 Å². The lowest BCUT2D eigenvalue weighted by Crippen LogP contribution is -2.71. The number of hydrogen-bond acceptors (Lipinski definition) is 5. The van der Waals surface area contributed by atoms with Crippen LogP contribution in [0.15, 0.2) is 24.3 Å².